The van der Waals surface area contributed by atoms with Crippen molar-refractivity contribution >= 4 is 18.0 Å². The molecule has 2 amide bonds. The Hall–Kier alpha value is -1.63. The Morgan fingerprint density at radius 2 is 1.29 bits per heavy atom. The lowest BCUT2D eigenvalue weighted by Gasteiger charge is -2.28. The van der Waals surface area contributed by atoms with E-state index in [-0.39, 0.29) is 25.3 Å². The van der Waals surface area contributed by atoms with E-state index in [1.807, 2.05) is 0 Å². The van der Waals surface area contributed by atoms with Crippen molar-refractivity contribution in [2.75, 3.05) is 13.1 Å². The summed E-state index contributed by atoms with van der Waals surface area (Å²) in [7, 11) is 0. The van der Waals surface area contributed by atoms with E-state index in [0.29, 0.717) is 0 Å². The zero-order valence-electron chi connectivity index (χ0n) is 13.7. The number of imide groups is 1. The molecule has 7 heteroatoms. The second-order valence-corrected chi connectivity index (χ2v) is 6.61. The van der Waals surface area contributed by atoms with Gasteiger partial charge in [0.25, 0.3) is 0 Å². The Morgan fingerprint density at radius 3 is 1.57 bits per heavy atom. The number of rotatable bonds is 4. The molecule has 0 aromatic heterocycles. The van der Waals surface area contributed by atoms with Gasteiger partial charge in [-0.2, -0.15) is 0 Å². The molecule has 0 rings (SSSR count). The van der Waals surface area contributed by atoms with Crippen LogP contribution in [0.4, 0.5) is 9.59 Å². The van der Waals surface area contributed by atoms with Gasteiger partial charge in [0.2, 0.25) is 0 Å². The van der Waals surface area contributed by atoms with Crippen molar-refractivity contribution in [2.45, 2.75) is 59.2 Å². The largest absolute Gasteiger partial charge is 0.443 e. The van der Waals surface area contributed by atoms with Crippen molar-refractivity contribution in [3.63, 3.8) is 0 Å². The van der Waals surface area contributed by atoms with E-state index < -0.39 is 23.4 Å². The SMILES string of the molecule is CC(C)(C)OC(=O)N(CCC(=O)CN)C(=O)OC(C)(C)C. The first-order chi connectivity index (χ1) is 9.35. The molecule has 0 bridgehead atoms. The summed E-state index contributed by atoms with van der Waals surface area (Å²) >= 11 is 0. The molecule has 0 aliphatic heterocycles. The normalized spacial score (nSPS) is 11.8. The number of nitrogens with zero attached hydrogens (tertiary/aromatic N) is 1. The fourth-order valence-electron chi connectivity index (χ4n) is 1.23. The lowest BCUT2D eigenvalue weighted by atomic mass is 10.2. The van der Waals surface area contributed by atoms with Gasteiger partial charge in [0.05, 0.1) is 6.54 Å². The number of hydrogen-bond donors (Lipinski definition) is 1. The fraction of sp³-hybridized carbons (Fsp3) is 0.786. The Balaban J connectivity index is 4.95. The van der Waals surface area contributed by atoms with Crippen LogP contribution < -0.4 is 5.73 Å². The molecule has 0 aromatic carbocycles. The molecule has 122 valence electrons. The van der Waals surface area contributed by atoms with Crippen LogP contribution >= 0.6 is 0 Å². The van der Waals surface area contributed by atoms with Gasteiger partial charge in [-0.05, 0) is 41.5 Å². The minimum Gasteiger partial charge on any atom is -0.443 e. The topological polar surface area (TPSA) is 98.9 Å². The number of ketones is 1. The van der Waals surface area contributed by atoms with Crippen LogP contribution in [0.1, 0.15) is 48.0 Å². The van der Waals surface area contributed by atoms with Crippen molar-refractivity contribution in [1.82, 2.24) is 4.90 Å². The fourth-order valence-corrected chi connectivity index (χ4v) is 1.23. The molecule has 0 aliphatic rings. The summed E-state index contributed by atoms with van der Waals surface area (Å²) in [6, 6.07) is 0. The highest BCUT2D eigenvalue weighted by Gasteiger charge is 2.31. The zero-order chi connectivity index (χ0) is 16.8. The summed E-state index contributed by atoms with van der Waals surface area (Å²) in [5.41, 5.74) is 3.70. The van der Waals surface area contributed by atoms with Crippen molar-refractivity contribution in [3.05, 3.63) is 0 Å². The molecule has 0 aromatic rings. The average molecular weight is 302 g/mol. The third-order valence-electron chi connectivity index (χ3n) is 2.07. The van der Waals surface area contributed by atoms with Crippen LogP contribution in [0.25, 0.3) is 0 Å². The summed E-state index contributed by atoms with van der Waals surface area (Å²) in [5, 5.41) is 0. The lowest BCUT2D eigenvalue weighted by Crippen LogP contribution is -2.44. The summed E-state index contributed by atoms with van der Waals surface area (Å²) in [6.45, 7) is 9.83. The number of carbonyl (C=O) groups is 3. The molecule has 0 saturated carbocycles. The minimum atomic E-state index is -0.846. The van der Waals surface area contributed by atoms with Gasteiger partial charge in [-0.15, -0.1) is 0 Å². The van der Waals surface area contributed by atoms with Gasteiger partial charge >= 0.3 is 12.2 Å². The molecule has 0 saturated heterocycles. The molecule has 0 heterocycles. The van der Waals surface area contributed by atoms with Crippen molar-refractivity contribution < 1.29 is 23.9 Å². The lowest BCUT2D eigenvalue weighted by molar-refractivity contribution is -0.117. The average Bonchev–Trinajstić information content (AvgIpc) is 2.23. The highest BCUT2D eigenvalue weighted by Crippen LogP contribution is 2.14. The van der Waals surface area contributed by atoms with Gasteiger partial charge in [-0.3, -0.25) is 4.79 Å². The first kappa shape index (κ1) is 19.4. The van der Waals surface area contributed by atoms with E-state index in [1.54, 1.807) is 41.5 Å². The number of hydrogen-bond acceptors (Lipinski definition) is 6. The standard InChI is InChI=1S/C14H26N2O5/c1-13(2,3)20-11(18)16(8-7-10(17)9-15)12(19)21-14(4,5)6/h7-9,15H2,1-6H3. The molecular formula is C14H26N2O5. The third-order valence-corrected chi connectivity index (χ3v) is 2.07. The van der Waals surface area contributed by atoms with Crippen molar-refractivity contribution in [1.29, 1.82) is 0 Å². The molecule has 2 N–H and O–H groups in total. The summed E-state index contributed by atoms with van der Waals surface area (Å²) in [6.07, 6.45) is -1.72. The molecular weight excluding hydrogens is 276 g/mol. The van der Waals surface area contributed by atoms with Crippen molar-refractivity contribution in [2.24, 2.45) is 5.73 Å². The second kappa shape index (κ2) is 7.40. The van der Waals surface area contributed by atoms with Crippen LogP contribution in [-0.2, 0) is 14.3 Å². The molecule has 0 fully saturated rings. The van der Waals surface area contributed by atoms with Crippen molar-refractivity contribution in [3.8, 4) is 0 Å². The van der Waals surface area contributed by atoms with Crippen LogP contribution in [0, 0.1) is 0 Å². The predicted octanol–water partition coefficient (Wildman–Crippen LogP) is 2.08. The molecule has 0 unspecified atom stereocenters. The van der Waals surface area contributed by atoms with E-state index >= 15 is 0 Å². The molecule has 0 atom stereocenters. The third kappa shape index (κ3) is 9.01. The Kier molecular flexibility index (Phi) is 6.82. The zero-order valence-corrected chi connectivity index (χ0v) is 13.7. The summed E-state index contributed by atoms with van der Waals surface area (Å²) in [5.74, 6) is -0.257. The van der Waals surface area contributed by atoms with Crippen LogP contribution in [0.5, 0.6) is 0 Å². The van der Waals surface area contributed by atoms with Gasteiger partial charge in [0, 0.05) is 13.0 Å². The van der Waals surface area contributed by atoms with Gasteiger partial charge in [-0.25, -0.2) is 14.5 Å². The summed E-state index contributed by atoms with van der Waals surface area (Å²) in [4.78, 5) is 36.2. The highest BCUT2D eigenvalue weighted by molar-refractivity contribution is 5.89. The van der Waals surface area contributed by atoms with Crippen LogP contribution in [0.15, 0.2) is 0 Å². The monoisotopic (exact) mass is 302 g/mol. The van der Waals surface area contributed by atoms with Crippen LogP contribution in [0.2, 0.25) is 0 Å². The molecule has 0 radical (unpaired) electrons. The second-order valence-electron chi connectivity index (χ2n) is 6.61. The van der Waals surface area contributed by atoms with Crippen LogP contribution in [0.3, 0.4) is 0 Å². The molecule has 7 nitrogen and oxygen atoms in total. The van der Waals surface area contributed by atoms with Gasteiger partial charge in [0.1, 0.15) is 17.0 Å². The predicted molar refractivity (Wildman–Crippen MR) is 77.9 cm³/mol. The summed E-state index contributed by atoms with van der Waals surface area (Å²) < 4.78 is 10.3. The number of carbonyl (C=O) groups excluding carboxylic acids is 3. The minimum absolute atomic E-state index is 0.0328. The van der Waals surface area contributed by atoms with E-state index in [1.165, 1.54) is 0 Å². The highest BCUT2D eigenvalue weighted by atomic mass is 16.6. The van der Waals surface area contributed by atoms with Crippen LogP contribution in [-0.4, -0.2) is 47.2 Å². The smallest absolute Gasteiger partial charge is 0.419 e. The maximum absolute atomic E-state index is 12.0. The molecule has 21 heavy (non-hydrogen) atoms. The van der Waals surface area contributed by atoms with Gasteiger partial charge in [-0.1, -0.05) is 0 Å². The molecule has 0 aliphatic carbocycles. The molecule has 0 spiro atoms. The maximum Gasteiger partial charge on any atom is 0.419 e. The Morgan fingerprint density at radius 1 is 0.905 bits per heavy atom. The Bertz CT molecular complexity index is 365. The van der Waals surface area contributed by atoms with E-state index in [2.05, 4.69) is 0 Å². The van der Waals surface area contributed by atoms with E-state index in [0.717, 1.165) is 4.90 Å². The van der Waals surface area contributed by atoms with Gasteiger partial charge in [0.15, 0.2) is 0 Å². The number of ether oxygens (including phenoxy) is 2. The Labute approximate surface area is 125 Å². The quantitative estimate of drug-likeness (QED) is 0.853. The number of amides is 2. The maximum atomic E-state index is 12.0. The first-order valence-corrected chi connectivity index (χ1v) is 6.81. The number of Topliss-reactive ketones (excluding diaryl/α,β-unsaturated/α-hetero) is 1. The first-order valence-electron chi connectivity index (χ1n) is 6.81. The van der Waals surface area contributed by atoms with E-state index in [9.17, 15) is 14.4 Å². The van der Waals surface area contributed by atoms with E-state index in [4.69, 9.17) is 15.2 Å². The van der Waals surface area contributed by atoms with Gasteiger partial charge < -0.3 is 15.2 Å². The number of nitrogens with two attached hydrogens (primary N) is 1.